The number of ether oxygens (including phenoxy) is 2. The van der Waals surface area contributed by atoms with Crippen LogP contribution in [0.1, 0.15) is 49.3 Å². The molecular weight excluding hydrogens is 492 g/mol. The molecular formula is C28H36N2O6S. The van der Waals surface area contributed by atoms with Crippen LogP contribution in [0.3, 0.4) is 0 Å². The molecule has 0 saturated carbocycles. The standard InChI is InChI=1S/C28H36N2O6S/c1-17-8-10-20(11-9-17)23-21-16-18(2)29-12-13-30(37(33,34)15-14-31)24(25(21)29)19(3)22(23)26(27(32)35-7)36-28(4,5)6/h8-11,16,26,31H,12-15H2,1-7H3/t26-/m0/s1. The highest BCUT2D eigenvalue weighted by Gasteiger charge is 2.38. The molecule has 8 nitrogen and oxygen atoms in total. The third kappa shape index (κ3) is 4.87. The minimum absolute atomic E-state index is 0.229. The van der Waals surface area contributed by atoms with Gasteiger partial charge in [0.2, 0.25) is 10.0 Å². The molecule has 1 aliphatic rings. The van der Waals surface area contributed by atoms with Crippen molar-refractivity contribution in [3.63, 3.8) is 0 Å². The lowest BCUT2D eigenvalue weighted by molar-refractivity contribution is -0.164. The summed E-state index contributed by atoms with van der Waals surface area (Å²) in [6.07, 6.45) is -1.09. The fourth-order valence-corrected chi connectivity index (χ4v) is 6.52. The molecule has 0 radical (unpaired) electrons. The van der Waals surface area contributed by atoms with E-state index in [-0.39, 0.29) is 12.3 Å². The number of sulfonamides is 1. The lowest BCUT2D eigenvalue weighted by atomic mass is 9.87. The van der Waals surface area contributed by atoms with E-state index in [1.165, 1.54) is 11.4 Å². The first-order valence-electron chi connectivity index (χ1n) is 12.4. The van der Waals surface area contributed by atoms with Crippen LogP contribution < -0.4 is 4.31 Å². The summed E-state index contributed by atoms with van der Waals surface area (Å²) in [6.45, 7) is 11.7. The number of hydrogen-bond acceptors (Lipinski definition) is 6. The molecule has 1 atom stereocenters. The Hall–Kier alpha value is -2.88. The fraction of sp³-hybridized carbons (Fsp3) is 0.464. The fourth-order valence-electron chi connectivity index (χ4n) is 5.20. The summed E-state index contributed by atoms with van der Waals surface area (Å²) < 4.78 is 41.7. The van der Waals surface area contributed by atoms with E-state index < -0.39 is 34.3 Å². The Morgan fingerprint density at radius 2 is 1.76 bits per heavy atom. The van der Waals surface area contributed by atoms with Crippen molar-refractivity contribution >= 4 is 32.6 Å². The predicted molar refractivity (Wildman–Crippen MR) is 145 cm³/mol. The number of benzene rings is 2. The van der Waals surface area contributed by atoms with E-state index in [9.17, 15) is 18.3 Å². The van der Waals surface area contributed by atoms with Crippen LogP contribution in [-0.2, 0) is 30.8 Å². The maximum atomic E-state index is 13.3. The van der Waals surface area contributed by atoms with E-state index in [0.717, 1.165) is 33.3 Å². The van der Waals surface area contributed by atoms with E-state index in [1.54, 1.807) is 0 Å². The molecule has 200 valence electrons. The van der Waals surface area contributed by atoms with Crippen molar-refractivity contribution < 1.29 is 27.8 Å². The number of carbonyl (C=O) groups is 1. The van der Waals surface area contributed by atoms with Gasteiger partial charge >= 0.3 is 5.97 Å². The van der Waals surface area contributed by atoms with Gasteiger partial charge in [0.25, 0.3) is 0 Å². The normalized spacial score (nSPS) is 14.8. The van der Waals surface area contributed by atoms with Crippen LogP contribution in [-0.4, -0.2) is 55.7 Å². The molecule has 1 N–H and O–H groups in total. The summed E-state index contributed by atoms with van der Waals surface area (Å²) in [5.74, 6) is -0.948. The molecule has 1 aliphatic heterocycles. The number of aliphatic hydroxyl groups excluding tert-OH is 1. The molecule has 1 aromatic heterocycles. The zero-order valence-corrected chi connectivity index (χ0v) is 23.4. The average molecular weight is 529 g/mol. The van der Waals surface area contributed by atoms with Gasteiger partial charge in [-0.15, -0.1) is 0 Å². The van der Waals surface area contributed by atoms with Gasteiger partial charge in [-0.05, 0) is 64.3 Å². The largest absolute Gasteiger partial charge is 0.467 e. The maximum Gasteiger partial charge on any atom is 0.339 e. The lowest BCUT2D eigenvalue weighted by Crippen LogP contribution is -2.40. The molecule has 2 heterocycles. The van der Waals surface area contributed by atoms with Crippen molar-refractivity contribution in [2.45, 2.75) is 59.8 Å². The van der Waals surface area contributed by atoms with Gasteiger partial charge in [-0.3, -0.25) is 4.31 Å². The molecule has 0 unspecified atom stereocenters. The Kier molecular flexibility index (Phi) is 7.18. The molecule has 2 aromatic carbocycles. The van der Waals surface area contributed by atoms with Crippen LogP contribution in [0.25, 0.3) is 22.0 Å². The number of rotatable bonds is 7. The molecule has 0 amide bonds. The first-order chi connectivity index (χ1) is 17.3. The third-order valence-corrected chi connectivity index (χ3v) is 8.51. The molecule has 0 fully saturated rings. The minimum atomic E-state index is -3.81. The molecule has 0 saturated heterocycles. The molecule has 4 rings (SSSR count). The summed E-state index contributed by atoms with van der Waals surface area (Å²) in [7, 11) is -2.49. The molecule has 0 bridgehead atoms. The molecule has 9 heteroatoms. The summed E-state index contributed by atoms with van der Waals surface area (Å²) >= 11 is 0. The van der Waals surface area contributed by atoms with Crippen LogP contribution >= 0.6 is 0 Å². The Morgan fingerprint density at radius 1 is 1.11 bits per heavy atom. The Balaban J connectivity index is 2.19. The van der Waals surface area contributed by atoms with E-state index >= 15 is 0 Å². The number of esters is 1. The number of nitrogens with zero attached hydrogens (tertiary/aromatic N) is 2. The van der Waals surface area contributed by atoms with Gasteiger partial charge in [0.1, 0.15) is 0 Å². The Morgan fingerprint density at radius 3 is 2.32 bits per heavy atom. The van der Waals surface area contributed by atoms with Crippen LogP contribution in [0, 0.1) is 20.8 Å². The van der Waals surface area contributed by atoms with Gasteiger partial charge in [-0.2, -0.15) is 0 Å². The van der Waals surface area contributed by atoms with Gasteiger partial charge < -0.3 is 19.1 Å². The quantitative estimate of drug-likeness (QED) is 0.457. The maximum absolute atomic E-state index is 13.3. The summed E-state index contributed by atoms with van der Waals surface area (Å²) in [6, 6.07) is 10.1. The Bertz CT molecular complexity index is 1450. The van der Waals surface area contributed by atoms with Crippen LogP contribution in [0.5, 0.6) is 0 Å². The van der Waals surface area contributed by atoms with E-state index in [2.05, 4.69) is 4.57 Å². The minimum Gasteiger partial charge on any atom is -0.467 e. The first kappa shape index (κ1) is 27.2. The van der Waals surface area contributed by atoms with Crippen LogP contribution in [0.2, 0.25) is 0 Å². The van der Waals surface area contributed by atoms with Crippen LogP contribution in [0.15, 0.2) is 30.3 Å². The monoisotopic (exact) mass is 528 g/mol. The first-order valence-corrected chi connectivity index (χ1v) is 14.0. The number of aromatic nitrogens is 1. The van der Waals surface area contributed by atoms with Crippen molar-refractivity contribution in [1.29, 1.82) is 0 Å². The molecule has 37 heavy (non-hydrogen) atoms. The number of anilines is 1. The molecule has 0 spiro atoms. The van der Waals surface area contributed by atoms with Crippen molar-refractivity contribution in [3.8, 4) is 11.1 Å². The van der Waals surface area contributed by atoms with E-state index in [0.29, 0.717) is 23.4 Å². The average Bonchev–Trinajstić information content (AvgIpc) is 3.15. The number of carbonyl (C=O) groups excluding carboxylic acids is 1. The van der Waals surface area contributed by atoms with Crippen LogP contribution in [0.4, 0.5) is 5.69 Å². The topological polar surface area (TPSA) is 98.1 Å². The highest BCUT2D eigenvalue weighted by molar-refractivity contribution is 7.92. The smallest absolute Gasteiger partial charge is 0.339 e. The summed E-state index contributed by atoms with van der Waals surface area (Å²) in [5.41, 5.74) is 5.63. The second-order valence-electron chi connectivity index (χ2n) is 10.6. The van der Waals surface area contributed by atoms with Crippen molar-refractivity contribution in [2.75, 3.05) is 30.3 Å². The van der Waals surface area contributed by atoms with Gasteiger partial charge in [0, 0.05) is 23.2 Å². The van der Waals surface area contributed by atoms with Gasteiger partial charge in [-0.25, -0.2) is 13.2 Å². The van der Waals surface area contributed by atoms with Gasteiger partial charge in [0.15, 0.2) is 6.10 Å². The Labute approximate surface area is 218 Å². The molecule has 3 aromatic rings. The number of aryl methyl sites for hydroxylation is 2. The van der Waals surface area contributed by atoms with E-state index in [1.807, 2.05) is 71.9 Å². The number of hydrogen-bond donors (Lipinski definition) is 1. The zero-order chi connectivity index (χ0) is 27.3. The van der Waals surface area contributed by atoms with Crippen molar-refractivity contribution in [2.24, 2.45) is 0 Å². The summed E-state index contributed by atoms with van der Waals surface area (Å²) in [5, 5.41) is 10.3. The van der Waals surface area contributed by atoms with E-state index in [4.69, 9.17) is 9.47 Å². The zero-order valence-electron chi connectivity index (χ0n) is 22.6. The third-order valence-electron chi connectivity index (χ3n) is 6.78. The highest BCUT2D eigenvalue weighted by atomic mass is 32.2. The second kappa shape index (κ2) is 9.78. The predicted octanol–water partition coefficient (Wildman–Crippen LogP) is 4.40. The molecule has 0 aliphatic carbocycles. The van der Waals surface area contributed by atoms with Crippen molar-refractivity contribution in [1.82, 2.24) is 4.57 Å². The number of methoxy groups -OCH3 is 1. The number of aliphatic hydroxyl groups is 1. The summed E-state index contributed by atoms with van der Waals surface area (Å²) in [4.78, 5) is 13.3. The van der Waals surface area contributed by atoms with Gasteiger partial charge in [0.05, 0.1) is 42.8 Å². The lowest BCUT2D eigenvalue weighted by Gasteiger charge is -2.35. The second-order valence-corrected chi connectivity index (χ2v) is 12.6. The SMILES string of the molecule is COC(=O)[C@@H](OC(C)(C)C)c1c(C)c2c3c(cc(C)n3CCN2S(=O)(=O)CCO)c1-c1ccc(C)cc1. The highest BCUT2D eigenvalue weighted by Crippen LogP contribution is 2.48. The van der Waals surface area contributed by atoms with Gasteiger partial charge in [-0.1, -0.05) is 29.8 Å². The van der Waals surface area contributed by atoms with Crippen molar-refractivity contribution in [3.05, 3.63) is 52.7 Å².